The van der Waals surface area contributed by atoms with E-state index in [1.165, 1.54) is 60.0 Å². The molecule has 0 heterocycles. The molecule has 0 aliphatic carbocycles. The summed E-state index contributed by atoms with van der Waals surface area (Å²) >= 11 is 0. The number of oxime groups is 1. The van der Waals surface area contributed by atoms with E-state index in [0.29, 0.717) is 16.2 Å². The van der Waals surface area contributed by atoms with Crippen LogP contribution >= 0.6 is 0 Å². The normalized spacial score (nSPS) is 15.2. The topological polar surface area (TPSA) is 21.6 Å². The van der Waals surface area contributed by atoms with Gasteiger partial charge in [0.05, 0.1) is 5.71 Å². The molecule has 0 unspecified atom stereocenters. The Hall–Kier alpha value is -1.83. The molecule has 262 valence electrons. The van der Waals surface area contributed by atoms with Crippen molar-refractivity contribution in [3.63, 3.8) is 0 Å². The Morgan fingerprint density at radius 2 is 0.822 bits per heavy atom. The van der Waals surface area contributed by atoms with Gasteiger partial charge < -0.3 is 4.84 Å². The highest BCUT2D eigenvalue weighted by molar-refractivity contribution is 5.81. The zero-order valence-electron chi connectivity index (χ0n) is 33.8. The lowest BCUT2D eigenvalue weighted by Crippen LogP contribution is -2.16. The fourth-order valence-electron chi connectivity index (χ4n) is 4.31. The first kappa shape index (κ1) is 45.3. The van der Waals surface area contributed by atoms with Gasteiger partial charge in [-0.2, -0.15) is 0 Å². The molecule has 0 aliphatic heterocycles. The predicted molar refractivity (Wildman–Crippen MR) is 207 cm³/mol. The van der Waals surface area contributed by atoms with Crippen LogP contribution in [0.25, 0.3) is 0 Å². The summed E-state index contributed by atoms with van der Waals surface area (Å²) in [4.78, 5) is 5.45. The summed E-state index contributed by atoms with van der Waals surface area (Å²) in [6, 6.07) is 0. The highest BCUT2D eigenvalue weighted by atomic mass is 16.6. The Morgan fingerprint density at radius 1 is 0.467 bits per heavy atom. The smallest absolute Gasteiger partial charge is 0.129 e. The van der Waals surface area contributed by atoms with E-state index in [-0.39, 0.29) is 5.60 Å². The van der Waals surface area contributed by atoms with E-state index in [0.717, 1.165) is 37.8 Å². The Morgan fingerprint density at radius 3 is 1.18 bits per heavy atom. The molecule has 0 atom stereocenters. The quantitative estimate of drug-likeness (QED) is 0.101. The molecule has 0 rings (SSSR count). The molecule has 0 radical (unpaired) electrons. The van der Waals surface area contributed by atoms with Crippen molar-refractivity contribution in [3.8, 4) is 0 Å². The van der Waals surface area contributed by atoms with Gasteiger partial charge in [-0.1, -0.05) is 126 Å². The maximum absolute atomic E-state index is 5.45. The molecule has 45 heavy (non-hydrogen) atoms. The Bertz CT molecular complexity index is 998. The van der Waals surface area contributed by atoms with Crippen molar-refractivity contribution < 1.29 is 4.84 Å². The van der Waals surface area contributed by atoms with E-state index in [2.05, 4.69) is 132 Å². The Labute approximate surface area is 284 Å². The summed E-state index contributed by atoms with van der Waals surface area (Å²) in [5.41, 5.74) is 9.48. The monoisotopic (exact) mass is 626 g/mol. The van der Waals surface area contributed by atoms with Gasteiger partial charge in [0.1, 0.15) is 5.60 Å². The van der Waals surface area contributed by atoms with Crippen molar-refractivity contribution in [2.75, 3.05) is 0 Å². The minimum absolute atomic E-state index is 0.205. The van der Waals surface area contributed by atoms with Crippen molar-refractivity contribution in [3.05, 3.63) is 58.2 Å². The van der Waals surface area contributed by atoms with Crippen molar-refractivity contribution in [1.29, 1.82) is 0 Å². The minimum Gasteiger partial charge on any atom is -0.390 e. The summed E-state index contributed by atoms with van der Waals surface area (Å²) in [7, 11) is 0. The average Bonchev–Trinajstić information content (AvgIpc) is 2.85. The zero-order chi connectivity index (χ0) is 35.5. The largest absolute Gasteiger partial charge is 0.390 e. The number of rotatable bonds is 15. The first-order valence-corrected chi connectivity index (χ1v) is 17.8. The van der Waals surface area contributed by atoms with Gasteiger partial charge in [-0.3, -0.25) is 0 Å². The van der Waals surface area contributed by atoms with Gasteiger partial charge in [-0.15, -0.1) is 0 Å². The maximum Gasteiger partial charge on any atom is 0.129 e. The van der Waals surface area contributed by atoms with Crippen LogP contribution in [0.4, 0.5) is 0 Å². The maximum atomic E-state index is 5.45. The van der Waals surface area contributed by atoms with E-state index in [1.54, 1.807) is 0 Å². The number of hydrogen-bond acceptors (Lipinski definition) is 2. The molecule has 0 bridgehead atoms. The van der Waals surface area contributed by atoms with E-state index in [4.69, 9.17) is 4.84 Å². The second-order valence-corrected chi connectivity index (χ2v) is 18.2. The van der Waals surface area contributed by atoms with E-state index < -0.39 is 0 Å². The summed E-state index contributed by atoms with van der Waals surface area (Å²) < 4.78 is 0. The second-order valence-electron chi connectivity index (χ2n) is 18.2. The first-order chi connectivity index (χ1) is 20.3. The number of nitrogens with zero attached hydrogens (tertiary/aromatic N) is 1. The Kier molecular flexibility index (Phi) is 22.0. The lowest BCUT2D eigenvalue weighted by Gasteiger charge is -2.16. The molecule has 0 spiro atoms. The molecule has 0 amide bonds. The van der Waals surface area contributed by atoms with Crippen LogP contribution in [-0.2, 0) is 4.84 Å². The lowest BCUT2D eigenvalue weighted by atomic mass is 9.91. The van der Waals surface area contributed by atoms with Crippen molar-refractivity contribution >= 4 is 5.71 Å². The number of allylic oxidation sites excluding steroid dienone is 10. The van der Waals surface area contributed by atoms with Gasteiger partial charge in [-0.25, -0.2) is 0 Å². The molecule has 2 nitrogen and oxygen atoms in total. The van der Waals surface area contributed by atoms with Gasteiger partial charge in [0.25, 0.3) is 0 Å². The molecule has 0 fully saturated rings. The third kappa shape index (κ3) is 36.5. The van der Waals surface area contributed by atoms with Crippen LogP contribution in [0, 0.1) is 16.2 Å². The summed E-state index contributed by atoms with van der Waals surface area (Å²) in [6.45, 7) is 39.9. The third-order valence-corrected chi connectivity index (χ3v) is 7.14. The van der Waals surface area contributed by atoms with Crippen LogP contribution in [0.5, 0.6) is 0 Å². The first-order valence-electron chi connectivity index (χ1n) is 17.8. The highest BCUT2D eigenvalue weighted by Gasteiger charge is 2.11. The standard InChI is InChI=1S/C22H40.C21H39NO/c1-18(13-14-20(3)17-22(7,8)9)11-10-12-19(2)15-16-21(4,5)6;1-17(13-14-19(3)22-23-21(7,8)9)11-10-12-18(2)15-16-20(4,5)6/h11,15,17H,10,12-14,16H2,1-9H3;11,15H,10,12-14,16H2,1-9H3/b18-11+,19-15+,20-17+;17-11+,18-15+,22-19+. The van der Waals surface area contributed by atoms with Gasteiger partial charge in [0.15, 0.2) is 0 Å². The van der Waals surface area contributed by atoms with Crippen LogP contribution in [-0.4, -0.2) is 11.3 Å². The van der Waals surface area contributed by atoms with Crippen LogP contribution < -0.4 is 0 Å². The highest BCUT2D eigenvalue weighted by Crippen LogP contribution is 2.23. The molecular weight excluding hydrogens is 546 g/mol. The van der Waals surface area contributed by atoms with Gasteiger partial charge in [0.2, 0.25) is 0 Å². The van der Waals surface area contributed by atoms with Gasteiger partial charge in [-0.05, 0) is 143 Å². The predicted octanol–water partition coefficient (Wildman–Crippen LogP) is 14.9. The molecule has 0 aromatic carbocycles. The average molecular weight is 626 g/mol. The summed E-state index contributed by atoms with van der Waals surface area (Å²) in [5, 5.41) is 4.20. The zero-order valence-corrected chi connectivity index (χ0v) is 33.8. The van der Waals surface area contributed by atoms with Crippen molar-refractivity contribution in [2.24, 2.45) is 21.4 Å². The number of hydrogen-bond donors (Lipinski definition) is 0. The molecule has 0 aliphatic rings. The molecule has 0 saturated heterocycles. The van der Waals surface area contributed by atoms with Crippen molar-refractivity contribution in [1.82, 2.24) is 0 Å². The molecule has 0 saturated carbocycles. The third-order valence-electron chi connectivity index (χ3n) is 7.14. The van der Waals surface area contributed by atoms with E-state index in [1.807, 2.05) is 27.7 Å². The van der Waals surface area contributed by atoms with Crippen LogP contribution in [0.15, 0.2) is 63.4 Å². The molecule has 0 aromatic heterocycles. The fourth-order valence-corrected chi connectivity index (χ4v) is 4.31. The van der Waals surface area contributed by atoms with Gasteiger partial charge in [0, 0.05) is 0 Å². The second kappa shape index (κ2) is 21.9. The summed E-state index contributed by atoms with van der Waals surface area (Å²) in [6.07, 6.45) is 23.4. The fraction of sp³-hybridized carbons (Fsp3) is 0.744. The molecule has 2 heteroatoms. The van der Waals surface area contributed by atoms with Crippen LogP contribution in [0.3, 0.4) is 0 Å². The van der Waals surface area contributed by atoms with Crippen LogP contribution in [0.2, 0.25) is 0 Å². The summed E-state index contributed by atoms with van der Waals surface area (Å²) in [5.74, 6) is 0. The Balaban J connectivity index is 0. The lowest BCUT2D eigenvalue weighted by molar-refractivity contribution is 0.000467. The van der Waals surface area contributed by atoms with Crippen molar-refractivity contribution in [2.45, 2.75) is 194 Å². The molecule has 0 aromatic rings. The molecular formula is C43H79NO. The van der Waals surface area contributed by atoms with Crippen LogP contribution in [0.1, 0.15) is 189 Å². The minimum atomic E-state index is -0.205. The van der Waals surface area contributed by atoms with Gasteiger partial charge >= 0.3 is 0 Å². The van der Waals surface area contributed by atoms with E-state index in [9.17, 15) is 0 Å². The SMILES string of the molecule is C/C(=C\CC(C)(C)C)CC/C=C(\C)CC/C(C)=C/C(C)(C)C.C/C(=C\CC(C)(C)C)CC/C=C(\C)CC/C(C)=N/OC(C)(C)C. The molecule has 0 N–H and O–H groups in total. The van der Waals surface area contributed by atoms with E-state index >= 15 is 0 Å².